The molecule has 0 atom stereocenters. The summed E-state index contributed by atoms with van der Waals surface area (Å²) in [5, 5.41) is 11.7. The Bertz CT molecular complexity index is 469. The summed E-state index contributed by atoms with van der Waals surface area (Å²) in [7, 11) is 0. The molecule has 0 saturated carbocycles. The molecule has 110 valence electrons. The highest BCUT2D eigenvalue weighted by Crippen LogP contribution is 2.21. The van der Waals surface area contributed by atoms with Crippen molar-refractivity contribution in [2.75, 3.05) is 13.2 Å². The number of halogens is 1. The number of benzene rings is 1. The van der Waals surface area contributed by atoms with Crippen molar-refractivity contribution in [3.63, 3.8) is 0 Å². The monoisotopic (exact) mass is 339 g/mol. The summed E-state index contributed by atoms with van der Waals surface area (Å²) >= 11 is 3.44. The van der Waals surface area contributed by atoms with Crippen molar-refractivity contribution in [1.29, 1.82) is 0 Å². The SMILES string of the molecule is CC(C)(CCCO)CNC(=O)/C=C/c1ccccc1Br. The zero-order chi connectivity index (χ0) is 15.0. The Morgan fingerprint density at radius 1 is 1.40 bits per heavy atom. The minimum absolute atomic E-state index is 0.000436. The van der Waals surface area contributed by atoms with Gasteiger partial charge in [0, 0.05) is 23.7 Å². The van der Waals surface area contributed by atoms with Gasteiger partial charge in [0.15, 0.2) is 0 Å². The Balaban J connectivity index is 2.46. The largest absolute Gasteiger partial charge is 0.396 e. The van der Waals surface area contributed by atoms with Crippen molar-refractivity contribution >= 4 is 27.9 Å². The number of aliphatic hydroxyl groups excluding tert-OH is 1. The first-order valence-electron chi connectivity index (χ1n) is 6.76. The van der Waals surface area contributed by atoms with E-state index in [0.29, 0.717) is 6.54 Å². The van der Waals surface area contributed by atoms with E-state index in [1.54, 1.807) is 12.2 Å². The maximum absolute atomic E-state index is 11.8. The van der Waals surface area contributed by atoms with E-state index in [2.05, 4.69) is 35.1 Å². The van der Waals surface area contributed by atoms with Crippen LogP contribution in [0.25, 0.3) is 6.08 Å². The van der Waals surface area contributed by atoms with Crippen molar-refractivity contribution < 1.29 is 9.90 Å². The smallest absolute Gasteiger partial charge is 0.244 e. The van der Waals surface area contributed by atoms with E-state index in [9.17, 15) is 4.79 Å². The van der Waals surface area contributed by atoms with E-state index in [-0.39, 0.29) is 17.9 Å². The summed E-state index contributed by atoms with van der Waals surface area (Å²) in [6.45, 7) is 4.96. The first-order valence-corrected chi connectivity index (χ1v) is 7.55. The number of hydrogen-bond acceptors (Lipinski definition) is 2. The van der Waals surface area contributed by atoms with Crippen LogP contribution in [0.2, 0.25) is 0 Å². The van der Waals surface area contributed by atoms with Gasteiger partial charge >= 0.3 is 0 Å². The highest BCUT2D eigenvalue weighted by Gasteiger charge is 2.17. The van der Waals surface area contributed by atoms with Crippen LogP contribution >= 0.6 is 15.9 Å². The van der Waals surface area contributed by atoms with Gasteiger partial charge in [-0.05, 0) is 36.0 Å². The van der Waals surface area contributed by atoms with Crippen LogP contribution < -0.4 is 5.32 Å². The standard InChI is InChI=1S/C16H22BrNO2/c1-16(2,10-5-11-19)12-18-15(20)9-8-13-6-3-4-7-14(13)17/h3-4,6-9,19H,5,10-12H2,1-2H3,(H,18,20)/b9-8+. The quantitative estimate of drug-likeness (QED) is 0.748. The van der Waals surface area contributed by atoms with Crippen LogP contribution in [-0.2, 0) is 4.79 Å². The molecule has 0 unspecified atom stereocenters. The molecule has 0 saturated heterocycles. The molecular formula is C16H22BrNO2. The van der Waals surface area contributed by atoms with Gasteiger partial charge in [0.1, 0.15) is 0 Å². The minimum atomic E-state index is -0.0992. The Morgan fingerprint density at radius 2 is 2.10 bits per heavy atom. The zero-order valence-electron chi connectivity index (χ0n) is 12.0. The molecule has 1 amide bonds. The maximum Gasteiger partial charge on any atom is 0.244 e. The number of carbonyl (C=O) groups is 1. The van der Waals surface area contributed by atoms with Crippen molar-refractivity contribution in [2.45, 2.75) is 26.7 Å². The zero-order valence-corrected chi connectivity index (χ0v) is 13.6. The van der Waals surface area contributed by atoms with E-state index in [0.717, 1.165) is 22.9 Å². The average Bonchev–Trinajstić information content (AvgIpc) is 2.42. The van der Waals surface area contributed by atoms with E-state index in [1.807, 2.05) is 24.3 Å². The summed E-state index contributed by atoms with van der Waals surface area (Å²) < 4.78 is 0.965. The molecule has 0 aliphatic heterocycles. The molecule has 20 heavy (non-hydrogen) atoms. The van der Waals surface area contributed by atoms with Crippen molar-refractivity contribution in [2.24, 2.45) is 5.41 Å². The van der Waals surface area contributed by atoms with Crippen molar-refractivity contribution in [1.82, 2.24) is 5.32 Å². The molecule has 1 rings (SSSR count). The highest BCUT2D eigenvalue weighted by atomic mass is 79.9. The Morgan fingerprint density at radius 3 is 2.75 bits per heavy atom. The lowest BCUT2D eigenvalue weighted by molar-refractivity contribution is -0.116. The van der Waals surface area contributed by atoms with Gasteiger partial charge in [0.25, 0.3) is 0 Å². The highest BCUT2D eigenvalue weighted by molar-refractivity contribution is 9.10. The molecule has 0 aliphatic rings. The fraction of sp³-hybridized carbons (Fsp3) is 0.438. The van der Waals surface area contributed by atoms with Crippen molar-refractivity contribution in [3.8, 4) is 0 Å². The fourth-order valence-corrected chi connectivity index (χ4v) is 2.22. The lowest BCUT2D eigenvalue weighted by Crippen LogP contribution is -2.33. The fourth-order valence-electron chi connectivity index (χ4n) is 1.81. The number of carbonyl (C=O) groups excluding carboxylic acids is 1. The number of rotatable bonds is 7. The van der Waals surface area contributed by atoms with E-state index in [4.69, 9.17) is 5.11 Å². The molecule has 2 N–H and O–H groups in total. The molecule has 0 heterocycles. The molecule has 3 nitrogen and oxygen atoms in total. The van der Waals surface area contributed by atoms with Gasteiger partial charge in [0.2, 0.25) is 5.91 Å². The van der Waals surface area contributed by atoms with Gasteiger partial charge in [0.05, 0.1) is 0 Å². The van der Waals surface area contributed by atoms with Gasteiger partial charge in [-0.15, -0.1) is 0 Å². The van der Waals surface area contributed by atoms with Crippen LogP contribution in [0.1, 0.15) is 32.3 Å². The van der Waals surface area contributed by atoms with Gasteiger partial charge < -0.3 is 10.4 Å². The molecule has 0 fully saturated rings. The number of hydrogen-bond donors (Lipinski definition) is 2. The number of amides is 1. The maximum atomic E-state index is 11.8. The summed E-state index contributed by atoms with van der Waals surface area (Å²) in [5.41, 5.74) is 0.974. The Hall–Kier alpha value is -1.13. The van der Waals surface area contributed by atoms with E-state index in [1.165, 1.54) is 0 Å². The van der Waals surface area contributed by atoms with Gasteiger partial charge in [-0.2, -0.15) is 0 Å². The summed E-state index contributed by atoms with van der Waals surface area (Å²) in [6.07, 6.45) is 4.98. The molecule has 0 aliphatic carbocycles. The lowest BCUT2D eigenvalue weighted by Gasteiger charge is -2.24. The number of aliphatic hydroxyl groups is 1. The summed E-state index contributed by atoms with van der Waals surface area (Å²) in [5.74, 6) is -0.0992. The normalized spacial score (nSPS) is 11.8. The molecular weight excluding hydrogens is 318 g/mol. The third kappa shape index (κ3) is 6.35. The second kappa shape index (κ2) is 8.22. The third-order valence-electron chi connectivity index (χ3n) is 3.07. The van der Waals surface area contributed by atoms with E-state index >= 15 is 0 Å². The third-order valence-corrected chi connectivity index (χ3v) is 3.79. The molecule has 1 aromatic carbocycles. The molecule has 0 spiro atoms. The Kier molecular flexibility index (Phi) is 6.96. The topological polar surface area (TPSA) is 49.3 Å². The van der Waals surface area contributed by atoms with Crippen molar-refractivity contribution in [3.05, 3.63) is 40.4 Å². The van der Waals surface area contributed by atoms with Crippen LogP contribution in [0.5, 0.6) is 0 Å². The predicted molar refractivity (Wildman–Crippen MR) is 86.3 cm³/mol. The first-order chi connectivity index (χ1) is 9.44. The van der Waals surface area contributed by atoms with E-state index < -0.39 is 0 Å². The van der Waals surface area contributed by atoms with Crippen LogP contribution in [-0.4, -0.2) is 24.2 Å². The van der Waals surface area contributed by atoms with Gasteiger partial charge in [-0.1, -0.05) is 48.0 Å². The molecule has 0 aromatic heterocycles. The van der Waals surface area contributed by atoms with Crippen LogP contribution in [0.4, 0.5) is 0 Å². The number of nitrogens with one attached hydrogen (secondary N) is 1. The second-order valence-corrected chi connectivity index (χ2v) is 6.42. The van der Waals surface area contributed by atoms with Crippen LogP contribution in [0, 0.1) is 5.41 Å². The molecule has 0 bridgehead atoms. The Labute approximate surface area is 129 Å². The summed E-state index contributed by atoms with van der Waals surface area (Å²) in [6, 6.07) is 7.75. The molecule has 1 aromatic rings. The van der Waals surface area contributed by atoms with Gasteiger partial charge in [-0.25, -0.2) is 0 Å². The molecule has 0 radical (unpaired) electrons. The second-order valence-electron chi connectivity index (χ2n) is 5.56. The van der Waals surface area contributed by atoms with Crippen LogP contribution in [0.3, 0.4) is 0 Å². The lowest BCUT2D eigenvalue weighted by atomic mass is 9.88. The molecule has 4 heteroatoms. The minimum Gasteiger partial charge on any atom is -0.396 e. The average molecular weight is 340 g/mol. The predicted octanol–water partition coefficient (Wildman–Crippen LogP) is 3.38. The first kappa shape index (κ1) is 16.9. The van der Waals surface area contributed by atoms with Crippen LogP contribution in [0.15, 0.2) is 34.8 Å². The van der Waals surface area contributed by atoms with Gasteiger partial charge in [-0.3, -0.25) is 4.79 Å². The summed E-state index contributed by atoms with van der Waals surface area (Å²) in [4.78, 5) is 11.8.